The first kappa shape index (κ1) is 20.1. The van der Waals surface area contributed by atoms with Gasteiger partial charge >= 0.3 is 0 Å². The zero-order chi connectivity index (χ0) is 20.3. The first-order chi connectivity index (χ1) is 13.4. The van der Waals surface area contributed by atoms with Crippen LogP contribution in [0.4, 0.5) is 4.39 Å². The highest BCUT2D eigenvalue weighted by Crippen LogP contribution is 2.29. The highest BCUT2D eigenvalue weighted by molar-refractivity contribution is 5.97. The molecule has 0 spiro atoms. The van der Waals surface area contributed by atoms with Crippen LogP contribution >= 0.6 is 0 Å². The van der Waals surface area contributed by atoms with E-state index in [0.29, 0.717) is 13.0 Å². The van der Waals surface area contributed by atoms with E-state index in [9.17, 15) is 14.0 Å². The van der Waals surface area contributed by atoms with Crippen molar-refractivity contribution in [3.05, 3.63) is 59.7 Å². The monoisotopic (exact) mass is 385 g/mol. The van der Waals surface area contributed by atoms with Crippen LogP contribution in [0.15, 0.2) is 42.6 Å². The third-order valence-electron chi connectivity index (χ3n) is 5.49. The van der Waals surface area contributed by atoms with Crippen LogP contribution < -0.4 is 0 Å². The van der Waals surface area contributed by atoms with Gasteiger partial charge in [-0.15, -0.1) is 0 Å². The van der Waals surface area contributed by atoms with E-state index in [4.69, 9.17) is 0 Å². The number of hydrogen-bond donors (Lipinski definition) is 0. The smallest absolute Gasteiger partial charge is 0.257 e. The largest absolute Gasteiger partial charge is 0.353 e. The topological polar surface area (TPSA) is 45.6 Å². The second-order valence-electron chi connectivity index (χ2n) is 7.53. The van der Waals surface area contributed by atoms with E-state index < -0.39 is 11.7 Å². The summed E-state index contributed by atoms with van der Waals surface area (Å²) in [6.07, 6.45) is 4.62. The maximum absolute atomic E-state index is 14.2. The molecule has 28 heavy (non-hydrogen) atoms. The van der Waals surface area contributed by atoms with Crippen molar-refractivity contribution in [1.29, 1.82) is 0 Å². The van der Waals surface area contributed by atoms with Gasteiger partial charge in [-0.05, 0) is 50.5 Å². The molecule has 0 N–H and O–H groups in total. The Balaban J connectivity index is 1.79. The average Bonchev–Trinajstić information content (AvgIpc) is 3.45. The molecule has 2 aromatic rings. The normalized spacial score (nSPS) is 14.6. The molecule has 5 nitrogen and oxygen atoms in total. The van der Waals surface area contributed by atoms with Crippen LogP contribution in [-0.4, -0.2) is 44.8 Å². The van der Waals surface area contributed by atoms with Crippen LogP contribution in [0.25, 0.3) is 0 Å². The van der Waals surface area contributed by atoms with Gasteiger partial charge in [-0.25, -0.2) is 4.39 Å². The number of aromatic nitrogens is 1. The Kier molecular flexibility index (Phi) is 6.17. The van der Waals surface area contributed by atoms with Crippen LogP contribution in [0.2, 0.25) is 0 Å². The van der Waals surface area contributed by atoms with Gasteiger partial charge in [0.05, 0.1) is 12.1 Å². The van der Waals surface area contributed by atoms with Gasteiger partial charge in [0.2, 0.25) is 5.91 Å². The van der Waals surface area contributed by atoms with Gasteiger partial charge in [0.1, 0.15) is 12.4 Å². The van der Waals surface area contributed by atoms with Gasteiger partial charge in [-0.2, -0.15) is 0 Å². The van der Waals surface area contributed by atoms with E-state index in [0.717, 1.165) is 18.5 Å². The lowest BCUT2D eigenvalue weighted by Crippen LogP contribution is -2.47. The number of benzene rings is 1. The Morgan fingerprint density at radius 1 is 1.21 bits per heavy atom. The molecule has 2 amide bonds. The van der Waals surface area contributed by atoms with Crippen molar-refractivity contribution in [3.63, 3.8) is 0 Å². The summed E-state index contributed by atoms with van der Waals surface area (Å²) in [5.74, 6) is -1.08. The van der Waals surface area contributed by atoms with Crippen molar-refractivity contribution >= 4 is 11.8 Å². The van der Waals surface area contributed by atoms with Crippen molar-refractivity contribution < 1.29 is 14.0 Å². The van der Waals surface area contributed by atoms with Gasteiger partial charge in [-0.3, -0.25) is 9.59 Å². The molecule has 150 valence electrons. The molecule has 0 radical (unpaired) electrons. The quantitative estimate of drug-likeness (QED) is 0.697. The van der Waals surface area contributed by atoms with E-state index in [1.807, 2.05) is 48.7 Å². The van der Waals surface area contributed by atoms with Gasteiger partial charge < -0.3 is 14.4 Å². The third kappa shape index (κ3) is 4.43. The number of aryl methyl sites for hydroxylation is 1. The molecule has 0 bridgehead atoms. The summed E-state index contributed by atoms with van der Waals surface area (Å²) in [6.45, 7) is 4.34. The number of rotatable bonds is 8. The number of amides is 2. The number of carbonyl (C=O) groups excluding carboxylic acids is 2. The summed E-state index contributed by atoms with van der Waals surface area (Å²) < 4.78 is 16.2. The van der Waals surface area contributed by atoms with Crippen molar-refractivity contribution in [3.8, 4) is 0 Å². The van der Waals surface area contributed by atoms with Gasteiger partial charge in [0.25, 0.3) is 5.91 Å². The minimum absolute atomic E-state index is 0.0102. The van der Waals surface area contributed by atoms with Crippen LogP contribution in [0.3, 0.4) is 0 Å². The minimum atomic E-state index is -0.559. The second-order valence-corrected chi connectivity index (χ2v) is 7.53. The highest BCUT2D eigenvalue weighted by Gasteiger charge is 2.35. The molecule has 3 rings (SSSR count). The number of carbonyl (C=O) groups is 2. The van der Waals surface area contributed by atoms with Gasteiger partial charge in [0.15, 0.2) is 0 Å². The van der Waals surface area contributed by atoms with Crippen molar-refractivity contribution in [2.24, 2.45) is 7.05 Å². The fraction of sp³-hybridized carbons (Fsp3) is 0.455. The zero-order valence-corrected chi connectivity index (χ0v) is 16.8. The molecule has 6 heteroatoms. The lowest BCUT2D eigenvalue weighted by atomic mass is 10.1. The SMILES string of the molecule is CC[C@H](C)N(CC(=O)N(Cc1cccn1C)C1CC1)C(=O)c1ccccc1F. The van der Waals surface area contributed by atoms with Crippen LogP contribution in [0.5, 0.6) is 0 Å². The molecule has 0 unspecified atom stereocenters. The molecular weight excluding hydrogens is 357 g/mol. The van der Waals surface area contributed by atoms with E-state index in [-0.39, 0.29) is 30.1 Å². The molecule has 1 heterocycles. The number of nitrogens with zero attached hydrogens (tertiary/aromatic N) is 3. The molecule has 1 saturated carbocycles. The predicted molar refractivity (Wildman–Crippen MR) is 106 cm³/mol. The van der Waals surface area contributed by atoms with Crippen LogP contribution in [0.1, 0.15) is 49.2 Å². The van der Waals surface area contributed by atoms with Crippen LogP contribution in [-0.2, 0) is 18.4 Å². The fourth-order valence-corrected chi connectivity index (χ4v) is 3.32. The lowest BCUT2D eigenvalue weighted by Gasteiger charge is -2.31. The van der Waals surface area contributed by atoms with Gasteiger partial charge in [0, 0.05) is 31.0 Å². The maximum Gasteiger partial charge on any atom is 0.257 e. The molecule has 1 aromatic heterocycles. The Hall–Kier alpha value is -2.63. The molecule has 1 fully saturated rings. The molecular formula is C22H28FN3O2. The first-order valence-corrected chi connectivity index (χ1v) is 9.87. The summed E-state index contributed by atoms with van der Waals surface area (Å²) in [7, 11) is 1.96. The van der Waals surface area contributed by atoms with E-state index in [1.54, 1.807) is 12.1 Å². The maximum atomic E-state index is 14.2. The molecule has 1 aromatic carbocycles. The Labute approximate surface area is 165 Å². The Bertz CT molecular complexity index is 844. The van der Waals surface area contributed by atoms with Crippen molar-refractivity contribution in [1.82, 2.24) is 14.4 Å². The fourth-order valence-electron chi connectivity index (χ4n) is 3.32. The zero-order valence-electron chi connectivity index (χ0n) is 16.8. The third-order valence-corrected chi connectivity index (χ3v) is 5.49. The molecule has 0 aliphatic heterocycles. The number of hydrogen-bond acceptors (Lipinski definition) is 2. The standard InChI is InChI=1S/C22H28FN3O2/c1-4-16(2)25(22(28)19-9-5-6-10-20(19)23)15-21(27)26(17-11-12-17)14-18-8-7-13-24(18)3/h5-10,13,16-17H,4,11-12,14-15H2,1-3H3/t16-/m0/s1. The average molecular weight is 385 g/mol. The summed E-state index contributed by atoms with van der Waals surface area (Å²) in [6, 6.07) is 9.96. The Morgan fingerprint density at radius 2 is 1.93 bits per heavy atom. The van der Waals surface area contributed by atoms with Crippen molar-refractivity contribution in [2.45, 2.75) is 51.7 Å². The molecule has 1 aliphatic rings. The Morgan fingerprint density at radius 3 is 2.50 bits per heavy atom. The second kappa shape index (κ2) is 8.59. The van der Waals surface area contributed by atoms with Crippen molar-refractivity contribution in [2.75, 3.05) is 6.54 Å². The highest BCUT2D eigenvalue weighted by atomic mass is 19.1. The van der Waals surface area contributed by atoms with E-state index >= 15 is 0 Å². The summed E-state index contributed by atoms with van der Waals surface area (Å²) in [4.78, 5) is 29.5. The molecule has 1 aliphatic carbocycles. The van der Waals surface area contributed by atoms with Gasteiger partial charge in [-0.1, -0.05) is 19.1 Å². The number of halogens is 1. The lowest BCUT2D eigenvalue weighted by molar-refractivity contribution is -0.133. The summed E-state index contributed by atoms with van der Waals surface area (Å²) >= 11 is 0. The van der Waals surface area contributed by atoms with E-state index in [2.05, 4.69) is 0 Å². The molecule has 1 atom stereocenters. The predicted octanol–water partition coefficient (Wildman–Crippen LogP) is 3.60. The van der Waals surface area contributed by atoms with E-state index in [1.165, 1.54) is 17.0 Å². The minimum Gasteiger partial charge on any atom is -0.353 e. The summed E-state index contributed by atoms with van der Waals surface area (Å²) in [5, 5.41) is 0. The van der Waals surface area contributed by atoms with Crippen LogP contribution in [0, 0.1) is 5.82 Å². The summed E-state index contributed by atoms with van der Waals surface area (Å²) in [5.41, 5.74) is 1.06. The first-order valence-electron chi connectivity index (χ1n) is 9.87. The molecule has 0 saturated heterocycles.